The highest BCUT2D eigenvalue weighted by Gasteiger charge is 2.44. The van der Waals surface area contributed by atoms with Gasteiger partial charge in [-0.25, -0.2) is 0 Å². The molecule has 0 spiro atoms. The van der Waals surface area contributed by atoms with Crippen molar-refractivity contribution < 1.29 is 8.42 Å². The van der Waals surface area contributed by atoms with Crippen molar-refractivity contribution in [3.8, 4) is 0 Å². The van der Waals surface area contributed by atoms with Crippen molar-refractivity contribution in [2.75, 3.05) is 0 Å². The molecule has 0 fully saturated rings. The molecule has 2 aliphatic heterocycles. The molecule has 2 heterocycles. The topological polar surface area (TPSA) is 49.5 Å². The summed E-state index contributed by atoms with van der Waals surface area (Å²) >= 11 is 0. The summed E-state index contributed by atoms with van der Waals surface area (Å²) in [7, 11) is -3.63. The third kappa shape index (κ3) is 2.22. The molecule has 2 aliphatic rings. The van der Waals surface area contributed by atoms with Crippen molar-refractivity contribution in [2.45, 2.75) is 40.7 Å². The Morgan fingerprint density at radius 2 is 1.48 bits per heavy atom. The Balaban J connectivity index is 0.000000428. The maximum absolute atomic E-state index is 12.4. The van der Waals surface area contributed by atoms with Crippen LogP contribution in [0.2, 0.25) is 0 Å². The van der Waals surface area contributed by atoms with Gasteiger partial charge in [0.1, 0.15) is 0 Å². The number of nitrogens with zero attached hydrogens (tertiary/aromatic N) is 2. The molecule has 1 unspecified atom stereocenters. The Morgan fingerprint density at radius 3 is 2.16 bits per heavy atom. The fourth-order valence-corrected chi connectivity index (χ4v) is 5.10. The van der Waals surface area contributed by atoms with E-state index in [0.717, 1.165) is 32.5 Å². The molecule has 0 saturated carbocycles. The highest BCUT2D eigenvalue weighted by Crippen LogP contribution is 2.32. The lowest BCUT2D eigenvalue weighted by atomic mass is 9.97. The molecular weight excluding hydrogens is 332 g/mol. The molecule has 0 aliphatic carbocycles. The number of rotatable bonds is 0. The first-order chi connectivity index (χ1) is 12.1. The van der Waals surface area contributed by atoms with Crippen LogP contribution in [0.1, 0.15) is 46.2 Å². The molecule has 5 rings (SSSR count). The van der Waals surface area contributed by atoms with Gasteiger partial charge in [0.25, 0.3) is 5.36 Å². The number of fused-ring (bicyclic) bond motifs is 3. The van der Waals surface area contributed by atoms with Gasteiger partial charge < -0.3 is 0 Å². The third-order valence-corrected chi connectivity index (χ3v) is 5.92. The predicted octanol–water partition coefficient (Wildman–Crippen LogP) is 3.49. The van der Waals surface area contributed by atoms with Gasteiger partial charge in [0.15, 0.2) is 11.4 Å². The maximum Gasteiger partial charge on any atom is 0.488 e. The van der Waals surface area contributed by atoms with Crippen molar-refractivity contribution in [1.82, 2.24) is 3.98 Å². The fourth-order valence-electron chi connectivity index (χ4n) is 3.68. The molecule has 130 valence electrons. The van der Waals surface area contributed by atoms with Gasteiger partial charge in [-0.1, -0.05) is 78.5 Å². The number of hydrogen-bond donors (Lipinski definition) is 0. The second-order valence-corrected chi connectivity index (χ2v) is 7.03. The molecule has 3 aromatic rings. The molecular formula is C20H23N2O2S+. The smallest absolute Gasteiger partial charge is 0.141 e. The average molecular weight is 355 g/mol. The Kier molecular flexibility index (Phi) is 4.37. The quantitative estimate of drug-likeness (QED) is 0.458. The van der Waals surface area contributed by atoms with E-state index in [0.29, 0.717) is 5.36 Å². The first-order valence-corrected chi connectivity index (χ1v) is 10.2. The third-order valence-electron chi connectivity index (χ3n) is 4.51. The van der Waals surface area contributed by atoms with Crippen LogP contribution < -0.4 is 14.7 Å². The van der Waals surface area contributed by atoms with Crippen LogP contribution in [-0.2, 0) is 10.2 Å². The zero-order valence-electron chi connectivity index (χ0n) is 15.2. The van der Waals surface area contributed by atoms with E-state index in [-0.39, 0.29) is 6.04 Å². The Hall–Kier alpha value is -2.27. The molecule has 25 heavy (non-hydrogen) atoms. The van der Waals surface area contributed by atoms with Crippen molar-refractivity contribution >= 4 is 31.8 Å². The van der Waals surface area contributed by atoms with E-state index in [2.05, 4.69) is 10.5 Å². The zero-order chi connectivity index (χ0) is 18.4. The SMILES string of the molecule is CC.CC.CC1c2cccc3c2c2c(c4ccccc43)=NS(=O)(=O)[N+]=21. The van der Waals surface area contributed by atoms with E-state index in [4.69, 9.17) is 0 Å². The Bertz CT molecular complexity index is 1210. The van der Waals surface area contributed by atoms with Gasteiger partial charge in [-0.15, -0.1) is 8.42 Å². The van der Waals surface area contributed by atoms with Crippen molar-refractivity contribution in [3.63, 3.8) is 0 Å². The van der Waals surface area contributed by atoms with Gasteiger partial charge in [-0.2, -0.15) is 0 Å². The summed E-state index contributed by atoms with van der Waals surface area (Å²) in [4.78, 5) is 0. The highest BCUT2D eigenvalue weighted by atomic mass is 32.2. The predicted molar refractivity (Wildman–Crippen MR) is 104 cm³/mol. The van der Waals surface area contributed by atoms with Crippen LogP contribution in [0.15, 0.2) is 46.9 Å². The van der Waals surface area contributed by atoms with E-state index in [9.17, 15) is 8.42 Å². The Morgan fingerprint density at radius 1 is 0.880 bits per heavy atom. The minimum atomic E-state index is -3.63. The van der Waals surface area contributed by atoms with Crippen LogP contribution in [0.25, 0.3) is 21.5 Å². The monoisotopic (exact) mass is 355 g/mol. The van der Waals surface area contributed by atoms with Crippen molar-refractivity contribution in [3.05, 3.63) is 58.7 Å². The summed E-state index contributed by atoms with van der Waals surface area (Å²) in [6.07, 6.45) is 0. The summed E-state index contributed by atoms with van der Waals surface area (Å²) in [5.41, 5.74) is 1.06. The lowest BCUT2D eigenvalue weighted by molar-refractivity contribution is 0.550. The summed E-state index contributed by atoms with van der Waals surface area (Å²) in [6, 6.07) is 13.7. The lowest BCUT2D eigenvalue weighted by Gasteiger charge is -2.05. The molecule has 4 nitrogen and oxygen atoms in total. The van der Waals surface area contributed by atoms with Crippen LogP contribution in [0.4, 0.5) is 0 Å². The normalized spacial score (nSPS) is 18.3. The second-order valence-electron chi connectivity index (χ2n) is 5.55. The van der Waals surface area contributed by atoms with Crippen LogP contribution in [0.5, 0.6) is 0 Å². The van der Waals surface area contributed by atoms with Crippen LogP contribution >= 0.6 is 0 Å². The van der Waals surface area contributed by atoms with Gasteiger partial charge >= 0.3 is 10.2 Å². The minimum absolute atomic E-state index is 0.199. The molecule has 0 radical (unpaired) electrons. The molecule has 1 atom stereocenters. The summed E-state index contributed by atoms with van der Waals surface area (Å²) in [5.74, 6) is 0. The first-order valence-electron chi connectivity index (χ1n) is 8.84. The van der Waals surface area contributed by atoms with Gasteiger partial charge in [-0.05, 0) is 10.8 Å². The van der Waals surface area contributed by atoms with Crippen LogP contribution in [0.3, 0.4) is 0 Å². The molecule has 0 amide bonds. The molecule has 0 bridgehead atoms. The fraction of sp³-hybridized carbons (Fsp3) is 0.300. The molecule has 3 aromatic carbocycles. The van der Waals surface area contributed by atoms with Crippen molar-refractivity contribution in [1.29, 1.82) is 0 Å². The molecule has 0 N–H and O–H groups in total. The van der Waals surface area contributed by atoms with Gasteiger partial charge in [0, 0.05) is 17.9 Å². The minimum Gasteiger partial charge on any atom is -0.141 e. The molecule has 0 aromatic heterocycles. The second kappa shape index (κ2) is 6.23. The van der Waals surface area contributed by atoms with Gasteiger partial charge in [0.05, 0.1) is 5.39 Å². The summed E-state index contributed by atoms with van der Waals surface area (Å²) < 4.78 is 30.4. The average Bonchev–Trinajstić information content (AvgIpc) is 3.12. The molecule has 5 heteroatoms. The number of hydrogen-bond acceptors (Lipinski definition) is 2. The Labute approximate surface area is 148 Å². The summed E-state index contributed by atoms with van der Waals surface area (Å²) in [6.45, 7) is 9.92. The zero-order valence-corrected chi connectivity index (χ0v) is 16.1. The van der Waals surface area contributed by atoms with Gasteiger partial charge in [0.2, 0.25) is 0 Å². The van der Waals surface area contributed by atoms with E-state index >= 15 is 0 Å². The van der Waals surface area contributed by atoms with E-state index in [1.807, 2.05) is 71.0 Å². The van der Waals surface area contributed by atoms with Crippen LogP contribution in [-0.4, -0.2) is 8.42 Å². The van der Waals surface area contributed by atoms with Crippen molar-refractivity contribution in [2.24, 2.45) is 4.40 Å². The van der Waals surface area contributed by atoms with E-state index in [1.165, 1.54) is 3.98 Å². The first kappa shape index (κ1) is 17.5. The highest BCUT2D eigenvalue weighted by molar-refractivity contribution is 7.88. The standard InChI is InChI=1S/C16H11N2O2S.2C2H6/c1-9-10-7-4-8-12-11-5-2-3-6-13(11)15-16(14(10)12)18(9)21(19,20)17-15;2*1-2/h2-9H,1H3;2*1-2H3/q+1;;. The van der Waals surface area contributed by atoms with Crippen LogP contribution in [0, 0.1) is 0 Å². The van der Waals surface area contributed by atoms with E-state index < -0.39 is 10.2 Å². The summed E-state index contributed by atoms with van der Waals surface area (Å²) in [5, 5.41) is 5.44. The molecule has 0 saturated heterocycles. The lowest BCUT2D eigenvalue weighted by Crippen LogP contribution is -2.33. The number of benzene rings is 3. The van der Waals surface area contributed by atoms with Gasteiger partial charge in [-0.3, -0.25) is 0 Å². The largest absolute Gasteiger partial charge is 0.488 e. The maximum atomic E-state index is 12.4. The van der Waals surface area contributed by atoms with E-state index in [1.54, 1.807) is 0 Å².